The Hall–Kier alpha value is -3.43. The topological polar surface area (TPSA) is 79.1 Å². The van der Waals surface area contributed by atoms with E-state index in [0.29, 0.717) is 34.2 Å². The monoisotopic (exact) mass is 558 g/mol. The normalized spacial score (nSPS) is 15.2. The second-order valence-corrected chi connectivity index (χ2v) is 9.97. The van der Waals surface area contributed by atoms with Gasteiger partial charge in [-0.25, -0.2) is 14.2 Å². The van der Waals surface area contributed by atoms with Crippen molar-refractivity contribution in [3.8, 4) is 11.5 Å². The average Bonchev–Trinajstić information content (AvgIpc) is 3.20. The van der Waals surface area contributed by atoms with Crippen LogP contribution in [0.25, 0.3) is 6.08 Å². The number of hydrogen-bond acceptors (Lipinski definition) is 7. The minimum absolute atomic E-state index is 0.104. The number of fused-ring (bicyclic) bond motifs is 1. The number of methoxy groups -OCH3 is 1. The smallest absolute Gasteiger partial charge is 0.338 e. The number of nitrogens with zero attached hydrogens (tertiary/aromatic N) is 2. The molecule has 0 fully saturated rings. The summed E-state index contributed by atoms with van der Waals surface area (Å²) in [5.74, 6) is -0.0967. The summed E-state index contributed by atoms with van der Waals surface area (Å²) >= 11 is 7.30. The Morgan fingerprint density at radius 2 is 2.03 bits per heavy atom. The summed E-state index contributed by atoms with van der Waals surface area (Å²) in [4.78, 5) is 31.8. The zero-order chi connectivity index (χ0) is 27.4. The Balaban J connectivity index is 1.92. The fourth-order valence-electron chi connectivity index (χ4n) is 4.19. The highest BCUT2D eigenvalue weighted by atomic mass is 35.5. The van der Waals surface area contributed by atoms with Gasteiger partial charge in [-0.2, -0.15) is 0 Å². The lowest BCUT2D eigenvalue weighted by Gasteiger charge is -2.25. The minimum atomic E-state index is -0.845. The fourth-order valence-corrected chi connectivity index (χ4v) is 5.43. The molecule has 2 heterocycles. The van der Waals surface area contributed by atoms with Gasteiger partial charge in [-0.1, -0.05) is 48.4 Å². The third kappa shape index (κ3) is 5.39. The number of ether oxygens (including phenoxy) is 3. The van der Waals surface area contributed by atoms with Crippen molar-refractivity contribution in [2.24, 2.45) is 4.99 Å². The molecule has 1 unspecified atom stereocenters. The van der Waals surface area contributed by atoms with Crippen LogP contribution < -0.4 is 24.4 Å². The molecule has 3 aromatic rings. The van der Waals surface area contributed by atoms with Gasteiger partial charge in [0.15, 0.2) is 16.3 Å². The predicted molar refractivity (Wildman–Crippen MR) is 145 cm³/mol. The molecule has 4 rings (SSSR count). The molecule has 1 atom stereocenters. The molecule has 0 amide bonds. The molecule has 0 bridgehead atoms. The lowest BCUT2D eigenvalue weighted by Crippen LogP contribution is -2.40. The van der Waals surface area contributed by atoms with Crippen LogP contribution in [0, 0.1) is 5.82 Å². The molecular weight excluding hydrogens is 531 g/mol. The van der Waals surface area contributed by atoms with E-state index in [0.717, 1.165) is 24.2 Å². The number of rotatable bonds is 9. The fraction of sp³-hybridized carbons (Fsp3) is 0.321. The van der Waals surface area contributed by atoms with Crippen LogP contribution in [0.3, 0.4) is 0 Å². The lowest BCUT2D eigenvalue weighted by molar-refractivity contribution is -0.139. The van der Waals surface area contributed by atoms with Gasteiger partial charge in [-0.3, -0.25) is 9.36 Å². The molecule has 0 saturated carbocycles. The highest BCUT2D eigenvalue weighted by molar-refractivity contribution is 7.07. The summed E-state index contributed by atoms with van der Waals surface area (Å²) in [6, 6.07) is 8.77. The number of carbonyl (C=O) groups excluding carboxylic acids is 1. The summed E-state index contributed by atoms with van der Waals surface area (Å²) in [7, 11) is 1.53. The summed E-state index contributed by atoms with van der Waals surface area (Å²) in [6.07, 6.45) is 3.29. The first-order valence-corrected chi connectivity index (χ1v) is 13.4. The van der Waals surface area contributed by atoms with Crippen molar-refractivity contribution in [2.75, 3.05) is 20.3 Å². The standard InChI is InChI=1S/C28H28ClFN2O5S/c1-5-7-13-37-21-12-11-17(14-22(21)35-4)25-24(27(34)36-6-2)16(3)31-28-32(25)26(33)23(38-28)15-18-19(29)9-8-10-20(18)30/h8-12,14-15,25H,5-7,13H2,1-4H3. The van der Waals surface area contributed by atoms with Gasteiger partial charge in [0, 0.05) is 5.56 Å². The summed E-state index contributed by atoms with van der Waals surface area (Å²) in [5.41, 5.74) is 0.935. The molecule has 0 N–H and O–H groups in total. The van der Waals surface area contributed by atoms with Gasteiger partial charge < -0.3 is 14.2 Å². The maximum atomic E-state index is 14.5. The van der Waals surface area contributed by atoms with Crippen LogP contribution in [0.4, 0.5) is 4.39 Å². The van der Waals surface area contributed by atoms with E-state index in [-0.39, 0.29) is 27.3 Å². The van der Waals surface area contributed by atoms with E-state index in [9.17, 15) is 14.0 Å². The lowest BCUT2D eigenvalue weighted by atomic mass is 9.95. The van der Waals surface area contributed by atoms with Gasteiger partial charge in [-0.05, 0) is 56.2 Å². The number of unbranched alkanes of at least 4 members (excludes halogenated alkanes) is 1. The molecule has 0 radical (unpaired) electrons. The predicted octanol–water partition coefficient (Wildman–Crippen LogP) is 4.78. The molecule has 0 aliphatic carbocycles. The minimum Gasteiger partial charge on any atom is -0.493 e. The van der Waals surface area contributed by atoms with Crippen molar-refractivity contribution in [2.45, 2.75) is 39.7 Å². The first kappa shape index (κ1) is 27.6. The average molecular weight is 559 g/mol. The van der Waals surface area contributed by atoms with E-state index in [1.54, 1.807) is 38.1 Å². The Labute approximate surface area is 228 Å². The molecule has 0 saturated heterocycles. The van der Waals surface area contributed by atoms with Crippen LogP contribution >= 0.6 is 22.9 Å². The number of benzene rings is 2. The number of halogens is 2. The van der Waals surface area contributed by atoms with Crippen molar-refractivity contribution < 1.29 is 23.4 Å². The zero-order valence-corrected chi connectivity index (χ0v) is 23.1. The van der Waals surface area contributed by atoms with Gasteiger partial charge in [0.2, 0.25) is 0 Å². The molecular formula is C28H28ClFN2O5S. The number of allylic oxidation sites excluding steroid dienone is 1. The van der Waals surface area contributed by atoms with Crippen LogP contribution in [-0.2, 0) is 9.53 Å². The van der Waals surface area contributed by atoms with E-state index in [1.165, 1.54) is 29.9 Å². The van der Waals surface area contributed by atoms with Gasteiger partial charge in [0.05, 0.1) is 47.2 Å². The SMILES string of the molecule is CCCCOc1ccc(C2C(C(=O)OCC)=C(C)N=c3sc(=Cc4c(F)cccc4Cl)c(=O)n32)cc1OC. The zero-order valence-electron chi connectivity index (χ0n) is 21.5. The Morgan fingerprint density at radius 1 is 1.24 bits per heavy atom. The van der Waals surface area contributed by atoms with Gasteiger partial charge in [0.1, 0.15) is 5.82 Å². The third-order valence-electron chi connectivity index (χ3n) is 6.05. The summed E-state index contributed by atoms with van der Waals surface area (Å²) in [6.45, 7) is 6.18. The second-order valence-electron chi connectivity index (χ2n) is 8.55. The van der Waals surface area contributed by atoms with Crippen LogP contribution in [-0.4, -0.2) is 30.9 Å². The van der Waals surface area contributed by atoms with E-state index in [1.807, 2.05) is 0 Å². The van der Waals surface area contributed by atoms with Crippen molar-refractivity contribution in [3.63, 3.8) is 0 Å². The Kier molecular flexibility index (Phi) is 8.69. The molecule has 1 aliphatic heterocycles. The number of thiazole rings is 1. The largest absolute Gasteiger partial charge is 0.493 e. The molecule has 7 nitrogen and oxygen atoms in total. The molecule has 200 valence electrons. The first-order chi connectivity index (χ1) is 18.3. The molecule has 1 aromatic heterocycles. The number of esters is 1. The maximum absolute atomic E-state index is 14.5. The quantitative estimate of drug-likeness (QED) is 0.279. The van der Waals surface area contributed by atoms with Crippen LogP contribution in [0.2, 0.25) is 5.02 Å². The molecule has 0 spiro atoms. The van der Waals surface area contributed by atoms with Crippen molar-refractivity contribution in [1.29, 1.82) is 0 Å². The van der Waals surface area contributed by atoms with Crippen molar-refractivity contribution in [1.82, 2.24) is 4.57 Å². The first-order valence-electron chi connectivity index (χ1n) is 12.2. The highest BCUT2D eigenvalue weighted by Crippen LogP contribution is 2.36. The van der Waals surface area contributed by atoms with E-state index >= 15 is 0 Å². The summed E-state index contributed by atoms with van der Waals surface area (Å²) in [5, 5.41) is 0.180. The maximum Gasteiger partial charge on any atom is 0.338 e. The third-order valence-corrected chi connectivity index (χ3v) is 7.36. The van der Waals surface area contributed by atoms with E-state index in [2.05, 4.69) is 11.9 Å². The molecule has 38 heavy (non-hydrogen) atoms. The molecule has 1 aliphatic rings. The van der Waals surface area contributed by atoms with Gasteiger partial charge in [0.25, 0.3) is 5.56 Å². The van der Waals surface area contributed by atoms with Gasteiger partial charge in [-0.15, -0.1) is 0 Å². The second kappa shape index (κ2) is 12.0. The van der Waals surface area contributed by atoms with Crippen LogP contribution in [0.15, 0.2) is 57.5 Å². The Bertz CT molecular complexity index is 1560. The van der Waals surface area contributed by atoms with Gasteiger partial charge >= 0.3 is 5.97 Å². The highest BCUT2D eigenvalue weighted by Gasteiger charge is 2.34. The number of hydrogen-bond donors (Lipinski definition) is 0. The molecule has 10 heteroatoms. The summed E-state index contributed by atoms with van der Waals surface area (Å²) < 4.78 is 32.9. The van der Waals surface area contributed by atoms with Crippen LogP contribution in [0.5, 0.6) is 11.5 Å². The Morgan fingerprint density at radius 3 is 2.71 bits per heavy atom. The van der Waals surface area contributed by atoms with Crippen LogP contribution in [0.1, 0.15) is 50.8 Å². The van der Waals surface area contributed by atoms with E-state index in [4.69, 9.17) is 25.8 Å². The molecule has 2 aromatic carbocycles. The number of carbonyl (C=O) groups is 1. The number of aromatic nitrogens is 1. The van der Waals surface area contributed by atoms with E-state index < -0.39 is 23.4 Å². The van der Waals surface area contributed by atoms with Crippen molar-refractivity contribution in [3.05, 3.63) is 89.3 Å². The van der Waals surface area contributed by atoms with Crippen molar-refractivity contribution >= 4 is 35.0 Å².